The third-order valence-corrected chi connectivity index (χ3v) is 5.22. The van der Waals surface area contributed by atoms with E-state index in [4.69, 9.17) is 0 Å². The number of H-pyrrole nitrogens is 1. The Bertz CT molecular complexity index is 823. The van der Waals surface area contributed by atoms with Crippen molar-refractivity contribution in [2.45, 2.75) is 23.7 Å². The molecule has 3 heterocycles. The molecule has 2 aromatic heterocycles. The first-order valence-corrected chi connectivity index (χ1v) is 9.26. The second-order valence-corrected chi connectivity index (χ2v) is 7.90. The first-order chi connectivity index (χ1) is 10.9. The van der Waals surface area contributed by atoms with Gasteiger partial charge in [0.25, 0.3) is 5.91 Å². The predicted molar refractivity (Wildman–Crippen MR) is 82.8 cm³/mol. The lowest BCUT2D eigenvalue weighted by Crippen LogP contribution is -2.39. The fourth-order valence-corrected chi connectivity index (χ4v) is 3.84. The van der Waals surface area contributed by atoms with Gasteiger partial charge in [0.05, 0.1) is 23.7 Å². The Morgan fingerprint density at radius 2 is 2.17 bits per heavy atom. The quantitative estimate of drug-likeness (QED) is 0.882. The molecule has 0 aliphatic carbocycles. The van der Waals surface area contributed by atoms with Crippen molar-refractivity contribution in [2.24, 2.45) is 7.05 Å². The van der Waals surface area contributed by atoms with Crippen LogP contribution in [-0.4, -0.2) is 58.5 Å². The number of aromatic amines is 1. The van der Waals surface area contributed by atoms with E-state index in [1.165, 1.54) is 12.5 Å². The molecule has 0 bridgehead atoms. The minimum atomic E-state index is -3.34. The summed E-state index contributed by atoms with van der Waals surface area (Å²) in [5.74, 6) is -0.139. The average molecular weight is 337 g/mol. The Kier molecular flexibility index (Phi) is 3.97. The molecule has 1 atom stereocenters. The van der Waals surface area contributed by atoms with Gasteiger partial charge in [-0.15, -0.1) is 0 Å². The molecule has 0 saturated carbocycles. The minimum absolute atomic E-state index is 0.0587. The lowest BCUT2D eigenvalue weighted by atomic mass is 9.94. The molecule has 1 aliphatic heterocycles. The van der Waals surface area contributed by atoms with E-state index in [0.717, 1.165) is 12.8 Å². The van der Waals surface area contributed by atoms with Crippen LogP contribution in [0.5, 0.6) is 0 Å². The lowest BCUT2D eigenvalue weighted by Gasteiger charge is -2.32. The van der Waals surface area contributed by atoms with E-state index < -0.39 is 9.84 Å². The number of sulfone groups is 1. The third kappa shape index (κ3) is 3.14. The Labute approximate surface area is 134 Å². The summed E-state index contributed by atoms with van der Waals surface area (Å²) in [6.07, 6.45) is 7.38. The van der Waals surface area contributed by atoms with Gasteiger partial charge in [-0.25, -0.2) is 8.42 Å². The smallest absolute Gasteiger partial charge is 0.257 e. The van der Waals surface area contributed by atoms with Crippen LogP contribution in [-0.2, 0) is 16.9 Å². The number of hydrogen-bond donors (Lipinski definition) is 1. The lowest BCUT2D eigenvalue weighted by molar-refractivity contribution is 0.0705. The highest BCUT2D eigenvalue weighted by Gasteiger charge is 2.30. The second-order valence-electron chi connectivity index (χ2n) is 5.91. The summed E-state index contributed by atoms with van der Waals surface area (Å²) in [6, 6.07) is 0. The normalized spacial score (nSPS) is 19.0. The van der Waals surface area contributed by atoms with Crippen molar-refractivity contribution < 1.29 is 13.2 Å². The highest BCUT2D eigenvalue weighted by atomic mass is 32.2. The van der Waals surface area contributed by atoms with Crippen LogP contribution in [0.1, 0.15) is 34.8 Å². The van der Waals surface area contributed by atoms with E-state index in [-0.39, 0.29) is 16.7 Å². The SMILES string of the molecule is Cn1cc(C(=O)N2CCC[C@H](c3[nH]ncc3S(C)(=O)=O)C2)cn1. The standard InChI is InChI=1S/C14H19N5O3S/c1-18-8-11(6-16-18)14(20)19-5-3-4-10(9-19)13-12(7-15-17-13)23(2,21)22/h6-8,10H,3-5,9H2,1-2H3,(H,15,17)/t10-/m0/s1. The number of nitrogens with zero attached hydrogens (tertiary/aromatic N) is 4. The number of nitrogens with one attached hydrogen (secondary N) is 1. The summed E-state index contributed by atoms with van der Waals surface area (Å²) in [6.45, 7) is 1.13. The van der Waals surface area contributed by atoms with E-state index in [1.54, 1.807) is 29.0 Å². The summed E-state index contributed by atoms with van der Waals surface area (Å²) in [5.41, 5.74) is 1.14. The van der Waals surface area contributed by atoms with Crippen molar-refractivity contribution in [3.05, 3.63) is 29.8 Å². The summed E-state index contributed by atoms with van der Waals surface area (Å²) in [4.78, 5) is 14.5. The van der Waals surface area contributed by atoms with Crippen molar-refractivity contribution in [1.82, 2.24) is 24.9 Å². The Morgan fingerprint density at radius 3 is 2.83 bits per heavy atom. The number of aromatic nitrogens is 4. The zero-order valence-electron chi connectivity index (χ0n) is 13.1. The highest BCUT2D eigenvalue weighted by molar-refractivity contribution is 7.90. The number of piperidine rings is 1. The van der Waals surface area contributed by atoms with Crippen molar-refractivity contribution in [3.8, 4) is 0 Å². The van der Waals surface area contributed by atoms with Crippen molar-refractivity contribution in [1.29, 1.82) is 0 Å². The van der Waals surface area contributed by atoms with Crippen LogP contribution in [0.3, 0.4) is 0 Å². The number of likely N-dealkylation sites (tertiary alicyclic amines) is 1. The van der Waals surface area contributed by atoms with Crippen LogP contribution < -0.4 is 0 Å². The van der Waals surface area contributed by atoms with Gasteiger partial charge in [-0.2, -0.15) is 10.2 Å². The van der Waals surface area contributed by atoms with Gasteiger partial charge < -0.3 is 4.90 Å². The first-order valence-electron chi connectivity index (χ1n) is 7.37. The molecular formula is C14H19N5O3S. The molecule has 8 nitrogen and oxygen atoms in total. The molecular weight excluding hydrogens is 318 g/mol. The molecule has 124 valence electrons. The summed E-state index contributed by atoms with van der Waals surface area (Å²) < 4.78 is 25.3. The molecule has 0 radical (unpaired) electrons. The van der Waals surface area contributed by atoms with E-state index in [9.17, 15) is 13.2 Å². The summed E-state index contributed by atoms with van der Waals surface area (Å²) in [5, 5.41) is 10.7. The zero-order chi connectivity index (χ0) is 16.6. The molecule has 0 spiro atoms. The molecule has 1 saturated heterocycles. The van der Waals surface area contributed by atoms with Gasteiger partial charge in [0.15, 0.2) is 9.84 Å². The number of amides is 1. The van der Waals surface area contributed by atoms with Gasteiger partial charge in [-0.3, -0.25) is 14.6 Å². The van der Waals surface area contributed by atoms with Gasteiger partial charge >= 0.3 is 0 Å². The van der Waals surface area contributed by atoms with Crippen molar-refractivity contribution in [2.75, 3.05) is 19.3 Å². The van der Waals surface area contributed by atoms with E-state index in [2.05, 4.69) is 15.3 Å². The van der Waals surface area contributed by atoms with E-state index in [1.807, 2.05) is 0 Å². The maximum atomic E-state index is 12.5. The molecule has 9 heteroatoms. The molecule has 0 aromatic carbocycles. The number of carbonyl (C=O) groups excluding carboxylic acids is 1. The van der Waals surface area contributed by atoms with Crippen LogP contribution in [0.15, 0.2) is 23.5 Å². The molecule has 1 fully saturated rings. The number of aryl methyl sites for hydroxylation is 1. The molecule has 0 unspecified atom stereocenters. The fourth-order valence-electron chi connectivity index (χ4n) is 2.98. The van der Waals surface area contributed by atoms with Gasteiger partial charge in [0, 0.05) is 38.5 Å². The highest BCUT2D eigenvalue weighted by Crippen LogP contribution is 2.30. The third-order valence-electron chi connectivity index (χ3n) is 4.10. The largest absolute Gasteiger partial charge is 0.338 e. The topological polar surface area (TPSA) is 101 Å². The van der Waals surface area contributed by atoms with Crippen LogP contribution >= 0.6 is 0 Å². The molecule has 1 aliphatic rings. The molecule has 3 rings (SSSR count). The van der Waals surface area contributed by atoms with Crippen LogP contribution in [0.25, 0.3) is 0 Å². The zero-order valence-corrected chi connectivity index (χ0v) is 13.9. The Hall–Kier alpha value is -2.16. The van der Waals surface area contributed by atoms with Gasteiger partial charge in [-0.1, -0.05) is 0 Å². The molecule has 1 N–H and O–H groups in total. The first kappa shape index (κ1) is 15.7. The summed E-state index contributed by atoms with van der Waals surface area (Å²) >= 11 is 0. The minimum Gasteiger partial charge on any atom is -0.338 e. The molecule has 23 heavy (non-hydrogen) atoms. The van der Waals surface area contributed by atoms with Gasteiger partial charge in [-0.05, 0) is 12.8 Å². The monoisotopic (exact) mass is 337 g/mol. The van der Waals surface area contributed by atoms with Gasteiger partial charge in [0.1, 0.15) is 4.90 Å². The Balaban J connectivity index is 1.82. The maximum absolute atomic E-state index is 12.5. The van der Waals surface area contributed by atoms with Crippen molar-refractivity contribution >= 4 is 15.7 Å². The number of rotatable bonds is 3. The van der Waals surface area contributed by atoms with E-state index in [0.29, 0.717) is 24.3 Å². The Morgan fingerprint density at radius 1 is 1.39 bits per heavy atom. The van der Waals surface area contributed by atoms with Crippen LogP contribution in [0.4, 0.5) is 0 Å². The van der Waals surface area contributed by atoms with Crippen molar-refractivity contribution in [3.63, 3.8) is 0 Å². The predicted octanol–water partition coefficient (Wildman–Crippen LogP) is 0.566. The molecule has 1 amide bonds. The second kappa shape index (κ2) is 5.80. The summed E-state index contributed by atoms with van der Waals surface area (Å²) in [7, 11) is -1.57. The maximum Gasteiger partial charge on any atom is 0.257 e. The average Bonchev–Trinajstić information content (AvgIpc) is 3.15. The molecule has 2 aromatic rings. The van der Waals surface area contributed by atoms with Crippen LogP contribution in [0, 0.1) is 0 Å². The number of hydrogen-bond acceptors (Lipinski definition) is 5. The van der Waals surface area contributed by atoms with E-state index >= 15 is 0 Å². The fraction of sp³-hybridized carbons (Fsp3) is 0.500. The number of carbonyl (C=O) groups is 1. The van der Waals surface area contributed by atoms with Gasteiger partial charge in [0.2, 0.25) is 0 Å². The van der Waals surface area contributed by atoms with Crippen LogP contribution in [0.2, 0.25) is 0 Å².